The normalized spacial score (nSPS) is 19.9. The lowest BCUT2D eigenvalue weighted by Gasteiger charge is -2.30. The summed E-state index contributed by atoms with van der Waals surface area (Å²) in [7, 11) is 2.21. The largest absolute Gasteiger partial charge is 0.357 e. The predicted octanol–water partition coefficient (Wildman–Crippen LogP) is 2.76. The van der Waals surface area contributed by atoms with E-state index >= 15 is 0 Å². The molecular weight excluding hydrogens is 395 g/mol. The Hall–Kier alpha value is -0.340. The number of thiophene rings is 1. The number of nitrogens with one attached hydrogen (secondary N) is 2. The number of guanidine groups is 1. The fourth-order valence-electron chi connectivity index (χ4n) is 2.58. The van der Waals surface area contributed by atoms with Crippen molar-refractivity contribution in [2.75, 3.05) is 33.2 Å². The minimum absolute atomic E-state index is 0. The van der Waals surface area contributed by atoms with E-state index in [1.807, 2.05) is 0 Å². The molecule has 0 bridgehead atoms. The van der Waals surface area contributed by atoms with E-state index in [0.717, 1.165) is 31.5 Å². The Morgan fingerprint density at radius 2 is 2.33 bits per heavy atom. The van der Waals surface area contributed by atoms with Gasteiger partial charge in [0.25, 0.3) is 0 Å². The van der Waals surface area contributed by atoms with Crippen LogP contribution in [0.1, 0.15) is 25.3 Å². The molecule has 0 aromatic carbocycles. The lowest BCUT2D eigenvalue weighted by molar-refractivity contribution is 0.210. The topological polar surface area (TPSA) is 39.7 Å². The van der Waals surface area contributed by atoms with Crippen LogP contribution in [0.3, 0.4) is 0 Å². The first-order valence-corrected chi connectivity index (χ1v) is 8.44. The van der Waals surface area contributed by atoms with Gasteiger partial charge in [0.1, 0.15) is 0 Å². The Bertz CT molecular complexity index is 408. The zero-order valence-electron chi connectivity index (χ0n) is 13.0. The van der Waals surface area contributed by atoms with E-state index in [2.05, 4.69) is 51.3 Å². The van der Waals surface area contributed by atoms with Crippen molar-refractivity contribution in [3.8, 4) is 0 Å². The molecule has 4 nitrogen and oxygen atoms in total. The molecule has 1 aromatic rings. The molecule has 1 unspecified atom stereocenters. The zero-order valence-corrected chi connectivity index (χ0v) is 16.1. The third-order valence-electron chi connectivity index (χ3n) is 3.62. The van der Waals surface area contributed by atoms with Crippen LogP contribution in [-0.4, -0.2) is 44.1 Å². The van der Waals surface area contributed by atoms with Crippen molar-refractivity contribution in [1.82, 2.24) is 15.5 Å². The molecule has 0 amide bonds. The van der Waals surface area contributed by atoms with Gasteiger partial charge in [-0.2, -0.15) is 11.3 Å². The number of rotatable bonds is 5. The van der Waals surface area contributed by atoms with Crippen molar-refractivity contribution >= 4 is 41.3 Å². The van der Waals surface area contributed by atoms with Crippen molar-refractivity contribution < 1.29 is 0 Å². The van der Waals surface area contributed by atoms with Crippen LogP contribution in [-0.2, 0) is 6.54 Å². The molecule has 2 N–H and O–H groups in total. The lowest BCUT2D eigenvalue weighted by Crippen LogP contribution is -2.43. The molecule has 120 valence electrons. The Balaban J connectivity index is 0.00000220. The summed E-state index contributed by atoms with van der Waals surface area (Å²) in [5.41, 5.74) is 1.28. The molecule has 1 saturated heterocycles. The first-order chi connectivity index (χ1) is 9.78. The highest BCUT2D eigenvalue weighted by atomic mass is 127. The van der Waals surface area contributed by atoms with Crippen molar-refractivity contribution in [3.63, 3.8) is 0 Å². The quantitative estimate of drug-likeness (QED) is 0.436. The van der Waals surface area contributed by atoms with Gasteiger partial charge >= 0.3 is 0 Å². The maximum atomic E-state index is 4.65. The van der Waals surface area contributed by atoms with E-state index in [9.17, 15) is 0 Å². The summed E-state index contributed by atoms with van der Waals surface area (Å²) < 4.78 is 0. The second-order valence-corrected chi connectivity index (χ2v) is 6.26. The van der Waals surface area contributed by atoms with Gasteiger partial charge in [0.2, 0.25) is 0 Å². The standard InChI is InChI=1S/C15H26N4S.HI/c1-3-16-15(18-10-14-6-8-20-12-14)17-9-13-5-4-7-19(2)11-13;/h6,8,12-13H,3-5,7,9-11H2,1-2H3,(H2,16,17,18);1H. The number of aliphatic imine (C=N–C) groups is 1. The van der Waals surface area contributed by atoms with Gasteiger partial charge in [-0.1, -0.05) is 0 Å². The van der Waals surface area contributed by atoms with Gasteiger partial charge in [-0.15, -0.1) is 24.0 Å². The average Bonchev–Trinajstić information content (AvgIpc) is 2.95. The van der Waals surface area contributed by atoms with E-state index in [0.29, 0.717) is 0 Å². The second-order valence-electron chi connectivity index (χ2n) is 5.48. The van der Waals surface area contributed by atoms with Gasteiger partial charge in [0.15, 0.2) is 5.96 Å². The summed E-state index contributed by atoms with van der Waals surface area (Å²) in [5.74, 6) is 1.67. The van der Waals surface area contributed by atoms with Crippen LogP contribution in [0.15, 0.2) is 21.8 Å². The molecule has 21 heavy (non-hydrogen) atoms. The Kier molecular flexibility index (Phi) is 9.26. The van der Waals surface area contributed by atoms with Gasteiger partial charge in [-0.3, -0.25) is 0 Å². The molecule has 1 aliphatic rings. The Labute approximate surface area is 149 Å². The van der Waals surface area contributed by atoms with Crippen LogP contribution < -0.4 is 10.6 Å². The number of likely N-dealkylation sites (tertiary alicyclic amines) is 1. The summed E-state index contributed by atoms with van der Waals surface area (Å²) in [4.78, 5) is 7.07. The van der Waals surface area contributed by atoms with Gasteiger partial charge in [0, 0.05) is 19.6 Å². The predicted molar refractivity (Wildman–Crippen MR) is 103 cm³/mol. The molecule has 6 heteroatoms. The van der Waals surface area contributed by atoms with Crippen LogP contribution >= 0.6 is 35.3 Å². The van der Waals surface area contributed by atoms with E-state index in [4.69, 9.17) is 0 Å². The summed E-state index contributed by atoms with van der Waals surface area (Å²) in [6.07, 6.45) is 2.63. The first kappa shape index (κ1) is 18.7. The van der Waals surface area contributed by atoms with Gasteiger partial charge in [-0.05, 0) is 61.7 Å². The maximum Gasteiger partial charge on any atom is 0.191 e. The number of nitrogens with zero attached hydrogens (tertiary/aromatic N) is 2. The minimum atomic E-state index is 0. The molecule has 2 rings (SSSR count). The Morgan fingerprint density at radius 3 is 3.00 bits per heavy atom. The Morgan fingerprint density at radius 1 is 1.48 bits per heavy atom. The van der Waals surface area contributed by atoms with Crippen LogP contribution in [0.2, 0.25) is 0 Å². The van der Waals surface area contributed by atoms with Gasteiger partial charge < -0.3 is 15.5 Å². The van der Waals surface area contributed by atoms with Crippen molar-refractivity contribution in [2.24, 2.45) is 10.9 Å². The zero-order chi connectivity index (χ0) is 14.2. The molecule has 0 radical (unpaired) electrons. The molecule has 1 fully saturated rings. The molecule has 0 aliphatic carbocycles. The molecule has 0 spiro atoms. The fraction of sp³-hybridized carbons (Fsp3) is 0.667. The molecule has 0 saturated carbocycles. The summed E-state index contributed by atoms with van der Waals surface area (Å²) >= 11 is 1.73. The lowest BCUT2D eigenvalue weighted by atomic mass is 9.99. The molecular formula is C15H27IN4S. The van der Waals surface area contributed by atoms with E-state index in [1.165, 1.54) is 31.5 Å². The average molecular weight is 422 g/mol. The third kappa shape index (κ3) is 6.97. The van der Waals surface area contributed by atoms with Crippen LogP contribution in [0.25, 0.3) is 0 Å². The smallest absolute Gasteiger partial charge is 0.191 e. The van der Waals surface area contributed by atoms with Crippen LogP contribution in [0, 0.1) is 5.92 Å². The number of piperidine rings is 1. The number of hydrogen-bond acceptors (Lipinski definition) is 3. The van der Waals surface area contributed by atoms with Crippen molar-refractivity contribution in [3.05, 3.63) is 22.4 Å². The van der Waals surface area contributed by atoms with E-state index in [1.54, 1.807) is 11.3 Å². The molecule has 1 aliphatic heterocycles. The highest BCUT2D eigenvalue weighted by Crippen LogP contribution is 2.13. The fourth-order valence-corrected chi connectivity index (χ4v) is 3.24. The highest BCUT2D eigenvalue weighted by molar-refractivity contribution is 14.0. The van der Waals surface area contributed by atoms with Gasteiger partial charge in [0.05, 0.1) is 6.54 Å². The monoisotopic (exact) mass is 422 g/mol. The number of halogens is 1. The molecule has 1 aromatic heterocycles. The first-order valence-electron chi connectivity index (χ1n) is 7.49. The minimum Gasteiger partial charge on any atom is -0.357 e. The van der Waals surface area contributed by atoms with Crippen molar-refractivity contribution in [2.45, 2.75) is 26.3 Å². The van der Waals surface area contributed by atoms with Gasteiger partial charge in [-0.25, -0.2) is 4.99 Å². The van der Waals surface area contributed by atoms with E-state index < -0.39 is 0 Å². The maximum absolute atomic E-state index is 4.65. The SMILES string of the molecule is CCNC(=NCc1ccsc1)NCC1CCCN(C)C1.I. The number of hydrogen-bond donors (Lipinski definition) is 2. The summed E-state index contributed by atoms with van der Waals surface area (Å²) in [5, 5.41) is 11.1. The summed E-state index contributed by atoms with van der Waals surface area (Å²) in [6.45, 7) is 7.21. The molecule has 1 atom stereocenters. The summed E-state index contributed by atoms with van der Waals surface area (Å²) in [6, 6.07) is 2.13. The van der Waals surface area contributed by atoms with E-state index in [-0.39, 0.29) is 24.0 Å². The second kappa shape index (κ2) is 10.4. The van der Waals surface area contributed by atoms with Crippen LogP contribution in [0.5, 0.6) is 0 Å². The molecule has 2 heterocycles. The van der Waals surface area contributed by atoms with Crippen LogP contribution in [0.4, 0.5) is 0 Å². The highest BCUT2D eigenvalue weighted by Gasteiger charge is 2.17. The third-order valence-corrected chi connectivity index (χ3v) is 4.36. The van der Waals surface area contributed by atoms with Crippen molar-refractivity contribution in [1.29, 1.82) is 0 Å².